The number of carbonyl (C=O) groups excluding carboxylic acids is 1. The van der Waals surface area contributed by atoms with E-state index in [9.17, 15) is 19.3 Å². The van der Waals surface area contributed by atoms with Crippen LogP contribution in [0.1, 0.15) is 32.3 Å². The molecule has 8 nitrogen and oxygen atoms in total. The quantitative estimate of drug-likeness (QED) is 0.535. The fraction of sp³-hybridized carbons (Fsp3) is 0.556. The van der Waals surface area contributed by atoms with E-state index in [0.29, 0.717) is 12.8 Å². The number of hydrogen-bond donors (Lipinski definition) is 2. The van der Waals surface area contributed by atoms with Gasteiger partial charge in [-0.2, -0.15) is 9.28 Å². The van der Waals surface area contributed by atoms with E-state index >= 15 is 0 Å². The zero-order valence-electron chi connectivity index (χ0n) is 15.9. The summed E-state index contributed by atoms with van der Waals surface area (Å²) in [5.41, 5.74) is 6.92. The molecule has 1 fully saturated rings. The third-order valence-corrected chi connectivity index (χ3v) is 7.33. The van der Waals surface area contributed by atoms with Crippen LogP contribution in [0.2, 0.25) is 0 Å². The molecule has 1 aromatic carbocycles. The van der Waals surface area contributed by atoms with E-state index in [1.807, 2.05) is 30.3 Å². The van der Waals surface area contributed by atoms with Gasteiger partial charge in [0.15, 0.2) is 6.10 Å². The Bertz CT molecular complexity index is 728. The molecule has 1 aromatic rings. The molecule has 27 heavy (non-hydrogen) atoms. The molecule has 0 bridgehead atoms. The topological polar surface area (TPSA) is 116 Å². The van der Waals surface area contributed by atoms with Crippen LogP contribution < -0.4 is 5.73 Å². The minimum absolute atomic E-state index is 0.191. The van der Waals surface area contributed by atoms with Crippen molar-refractivity contribution in [2.24, 2.45) is 5.73 Å². The van der Waals surface area contributed by atoms with Crippen molar-refractivity contribution in [2.75, 3.05) is 13.7 Å². The summed E-state index contributed by atoms with van der Waals surface area (Å²) >= 11 is 0. The van der Waals surface area contributed by atoms with Gasteiger partial charge in [0, 0.05) is 20.0 Å². The molecule has 0 spiro atoms. The lowest BCUT2D eigenvalue weighted by molar-refractivity contribution is -0.793. The lowest BCUT2D eigenvalue weighted by Gasteiger charge is -2.33. The first-order valence-corrected chi connectivity index (χ1v) is 10.6. The first-order valence-electron chi connectivity index (χ1n) is 8.96. The van der Waals surface area contributed by atoms with E-state index < -0.39 is 36.0 Å². The van der Waals surface area contributed by atoms with Crippen molar-refractivity contribution in [1.82, 2.24) is 0 Å². The minimum atomic E-state index is -3.83. The summed E-state index contributed by atoms with van der Waals surface area (Å²) in [6, 6.07) is 8.83. The van der Waals surface area contributed by atoms with Crippen molar-refractivity contribution < 1.29 is 32.8 Å². The van der Waals surface area contributed by atoms with Crippen LogP contribution in [-0.4, -0.2) is 53.2 Å². The van der Waals surface area contributed by atoms with Gasteiger partial charge in [-0.25, -0.2) is 4.79 Å². The van der Waals surface area contributed by atoms with Gasteiger partial charge in [-0.1, -0.05) is 30.3 Å². The highest BCUT2D eigenvalue weighted by Crippen LogP contribution is 2.52. The summed E-state index contributed by atoms with van der Waals surface area (Å²) in [5.74, 6) is -1.62. The van der Waals surface area contributed by atoms with Crippen LogP contribution in [0.5, 0.6) is 0 Å². The van der Waals surface area contributed by atoms with Gasteiger partial charge < -0.3 is 15.4 Å². The number of quaternary nitrogens is 1. The maximum absolute atomic E-state index is 13.1. The number of likely N-dealkylation sites (tertiary alicyclic amines) is 1. The molecule has 9 heteroatoms. The number of benzene rings is 1. The number of nitrogens with zero attached hydrogens (tertiary/aromatic N) is 1. The molecule has 150 valence electrons. The zero-order chi connectivity index (χ0) is 20.2. The average molecular weight is 399 g/mol. The first kappa shape index (κ1) is 21.7. The minimum Gasteiger partial charge on any atom is -0.435 e. The van der Waals surface area contributed by atoms with Gasteiger partial charge >= 0.3 is 19.6 Å². The standard InChI is InChI=1S/C18H27N2O6P/c1-13-8-7-11-20(13,18(22)23)17(21)14(2)26-27(24,25-3)16(19)12-15-9-5-4-6-10-15/h4-6,9-10,13-14,16H,7-8,11-12,19H2,1-3H3/p+1/t13-,14?,16+,20?,27?/m1/s1. The van der Waals surface area contributed by atoms with E-state index in [2.05, 4.69) is 0 Å². The van der Waals surface area contributed by atoms with Gasteiger partial charge in [0.05, 0.1) is 6.54 Å². The second-order valence-corrected chi connectivity index (χ2v) is 9.25. The smallest absolute Gasteiger partial charge is 0.435 e. The Hall–Kier alpha value is -1.57. The second kappa shape index (κ2) is 8.63. The van der Waals surface area contributed by atoms with Gasteiger partial charge in [0.25, 0.3) is 0 Å². The molecule has 1 aliphatic rings. The Kier molecular flexibility index (Phi) is 6.94. The van der Waals surface area contributed by atoms with Crippen LogP contribution in [0.3, 0.4) is 0 Å². The van der Waals surface area contributed by atoms with E-state index in [-0.39, 0.29) is 19.0 Å². The molecule has 1 aliphatic heterocycles. The number of imide groups is 1. The van der Waals surface area contributed by atoms with Gasteiger partial charge in [-0.3, -0.25) is 9.09 Å². The Morgan fingerprint density at radius 1 is 1.37 bits per heavy atom. The number of carbonyl (C=O) groups is 2. The summed E-state index contributed by atoms with van der Waals surface area (Å²) in [5, 5.41) is 9.68. The van der Waals surface area contributed by atoms with Gasteiger partial charge in [-0.15, -0.1) is 0 Å². The van der Waals surface area contributed by atoms with Crippen LogP contribution in [0.15, 0.2) is 30.3 Å². The molecule has 1 heterocycles. The van der Waals surface area contributed by atoms with Gasteiger partial charge in [0.1, 0.15) is 11.8 Å². The molecule has 0 radical (unpaired) electrons. The molecule has 2 rings (SSSR count). The largest absolute Gasteiger partial charge is 0.521 e. The molecule has 1 saturated heterocycles. The SMILES string of the molecule is COP(=O)(OC(C)C(=O)[N+]1(C(=O)O)CCC[C@H]1C)[C@H](N)Cc1ccccc1. The molecule has 2 amide bonds. The van der Waals surface area contributed by atoms with Crippen molar-refractivity contribution in [3.8, 4) is 0 Å². The highest BCUT2D eigenvalue weighted by Gasteiger charge is 2.55. The lowest BCUT2D eigenvalue weighted by Crippen LogP contribution is -2.61. The third-order valence-electron chi connectivity index (χ3n) is 5.22. The lowest BCUT2D eigenvalue weighted by atomic mass is 10.2. The van der Waals surface area contributed by atoms with E-state index in [0.717, 1.165) is 5.56 Å². The third kappa shape index (κ3) is 4.31. The summed E-state index contributed by atoms with van der Waals surface area (Å²) in [4.78, 5) is 24.8. The molecule has 3 N–H and O–H groups in total. The summed E-state index contributed by atoms with van der Waals surface area (Å²) in [6.07, 6.45) is -0.959. The number of carboxylic acid groups (broad SMARTS) is 1. The van der Waals surface area contributed by atoms with Crippen molar-refractivity contribution in [1.29, 1.82) is 0 Å². The summed E-state index contributed by atoms with van der Waals surface area (Å²) in [6.45, 7) is 3.32. The fourth-order valence-electron chi connectivity index (χ4n) is 3.60. The predicted octanol–water partition coefficient (Wildman–Crippen LogP) is 2.96. The molecular formula is C18H28N2O6P+. The van der Waals surface area contributed by atoms with E-state index in [4.69, 9.17) is 14.8 Å². The molecule has 3 unspecified atom stereocenters. The van der Waals surface area contributed by atoms with Crippen molar-refractivity contribution in [3.63, 3.8) is 0 Å². The summed E-state index contributed by atoms with van der Waals surface area (Å²) < 4.78 is 22.9. The monoisotopic (exact) mass is 399 g/mol. The Morgan fingerprint density at radius 2 is 2.00 bits per heavy atom. The van der Waals surface area contributed by atoms with E-state index in [1.165, 1.54) is 14.0 Å². The number of nitrogens with two attached hydrogens (primary N) is 1. The number of rotatable bonds is 7. The highest BCUT2D eigenvalue weighted by atomic mass is 31.2. The van der Waals surface area contributed by atoms with Crippen LogP contribution in [0.4, 0.5) is 4.79 Å². The fourth-order valence-corrected chi connectivity index (χ4v) is 5.08. The predicted molar refractivity (Wildman–Crippen MR) is 100 cm³/mol. The summed E-state index contributed by atoms with van der Waals surface area (Å²) in [7, 11) is -2.62. The number of amides is 2. The van der Waals surface area contributed by atoms with Crippen molar-refractivity contribution in [2.45, 2.75) is 51.0 Å². The van der Waals surface area contributed by atoms with E-state index in [1.54, 1.807) is 6.92 Å². The molecule has 0 saturated carbocycles. The van der Waals surface area contributed by atoms with Crippen molar-refractivity contribution in [3.05, 3.63) is 35.9 Å². The number of hydrogen-bond acceptors (Lipinski definition) is 6. The maximum Gasteiger partial charge on any atom is 0.521 e. The molecule has 0 aliphatic carbocycles. The Morgan fingerprint density at radius 3 is 2.48 bits per heavy atom. The van der Waals surface area contributed by atoms with Gasteiger partial charge in [0.2, 0.25) is 0 Å². The maximum atomic E-state index is 13.1. The highest BCUT2D eigenvalue weighted by molar-refractivity contribution is 7.54. The first-order chi connectivity index (χ1) is 12.7. The van der Waals surface area contributed by atoms with Crippen molar-refractivity contribution >= 4 is 19.6 Å². The molecule has 0 aromatic heterocycles. The average Bonchev–Trinajstić information content (AvgIpc) is 3.04. The normalized spacial score (nSPS) is 26.9. The Labute approximate surface area is 159 Å². The molecule has 5 atom stereocenters. The van der Waals surface area contributed by atoms with Crippen LogP contribution >= 0.6 is 7.60 Å². The van der Waals surface area contributed by atoms with Crippen LogP contribution in [0, 0.1) is 0 Å². The zero-order valence-corrected chi connectivity index (χ0v) is 16.8. The molecular weight excluding hydrogens is 371 g/mol. The van der Waals surface area contributed by atoms with Gasteiger partial charge in [-0.05, 0) is 25.8 Å². The Balaban J connectivity index is 2.17. The van der Waals surface area contributed by atoms with Crippen LogP contribution in [-0.2, 0) is 24.8 Å². The second-order valence-electron chi connectivity index (χ2n) is 6.93. The van der Waals surface area contributed by atoms with Crippen LogP contribution in [0.25, 0.3) is 0 Å².